The van der Waals surface area contributed by atoms with Gasteiger partial charge in [-0.2, -0.15) is 0 Å². The number of aromatic nitrogens is 2. The number of nitrogens with zero attached hydrogens (tertiary/aromatic N) is 2. The van der Waals surface area contributed by atoms with Crippen molar-refractivity contribution in [2.75, 3.05) is 25.6 Å². The Morgan fingerprint density at radius 1 is 1.26 bits per heavy atom. The Labute approximate surface area is 110 Å². The molecule has 1 aromatic carbocycles. The van der Waals surface area contributed by atoms with E-state index in [4.69, 9.17) is 4.74 Å². The zero-order chi connectivity index (χ0) is 13.7. The Kier molecular flexibility index (Phi) is 4.46. The average molecular weight is 267 g/mol. The van der Waals surface area contributed by atoms with Crippen LogP contribution in [0.2, 0.25) is 0 Å². The SMILES string of the molecule is COCCCNc1nccn1-c1cc(F)cc(F)c1. The van der Waals surface area contributed by atoms with Crippen molar-refractivity contribution < 1.29 is 13.5 Å². The second-order valence-corrected chi connectivity index (χ2v) is 4.02. The summed E-state index contributed by atoms with van der Waals surface area (Å²) in [6.45, 7) is 1.31. The van der Waals surface area contributed by atoms with E-state index >= 15 is 0 Å². The van der Waals surface area contributed by atoms with Crippen LogP contribution in [0.15, 0.2) is 30.6 Å². The van der Waals surface area contributed by atoms with Crippen LogP contribution in [0.5, 0.6) is 0 Å². The largest absolute Gasteiger partial charge is 0.385 e. The molecule has 1 aromatic heterocycles. The van der Waals surface area contributed by atoms with Crippen LogP contribution in [0.3, 0.4) is 0 Å². The van der Waals surface area contributed by atoms with E-state index in [1.54, 1.807) is 24.1 Å². The molecule has 0 aliphatic heterocycles. The van der Waals surface area contributed by atoms with Gasteiger partial charge in [-0.15, -0.1) is 0 Å². The van der Waals surface area contributed by atoms with Crippen molar-refractivity contribution in [1.82, 2.24) is 9.55 Å². The third kappa shape index (κ3) is 3.51. The zero-order valence-corrected chi connectivity index (χ0v) is 10.6. The van der Waals surface area contributed by atoms with Crippen LogP contribution in [-0.2, 0) is 4.74 Å². The summed E-state index contributed by atoms with van der Waals surface area (Å²) in [5, 5.41) is 3.09. The first kappa shape index (κ1) is 13.5. The summed E-state index contributed by atoms with van der Waals surface area (Å²) in [5.74, 6) is -0.691. The first-order chi connectivity index (χ1) is 9.20. The van der Waals surface area contributed by atoms with E-state index in [1.807, 2.05) is 0 Å². The quantitative estimate of drug-likeness (QED) is 0.818. The second-order valence-electron chi connectivity index (χ2n) is 4.02. The summed E-state index contributed by atoms with van der Waals surface area (Å²) in [5.41, 5.74) is 0.393. The molecule has 0 amide bonds. The van der Waals surface area contributed by atoms with E-state index in [-0.39, 0.29) is 0 Å². The maximum atomic E-state index is 13.2. The first-order valence-corrected chi connectivity index (χ1v) is 5.93. The Morgan fingerprint density at radius 2 is 2.00 bits per heavy atom. The van der Waals surface area contributed by atoms with Crippen molar-refractivity contribution in [3.8, 4) is 5.69 Å². The van der Waals surface area contributed by atoms with Gasteiger partial charge in [-0.25, -0.2) is 13.8 Å². The van der Waals surface area contributed by atoms with Crippen LogP contribution in [0.25, 0.3) is 5.69 Å². The monoisotopic (exact) mass is 267 g/mol. The maximum Gasteiger partial charge on any atom is 0.207 e. The number of imidazole rings is 1. The number of ether oxygens (including phenoxy) is 1. The minimum Gasteiger partial charge on any atom is -0.385 e. The van der Waals surface area contributed by atoms with Crippen molar-refractivity contribution in [2.24, 2.45) is 0 Å². The molecule has 0 aliphatic rings. The van der Waals surface area contributed by atoms with Crippen LogP contribution in [0, 0.1) is 11.6 Å². The molecule has 0 bridgehead atoms. The van der Waals surface area contributed by atoms with Gasteiger partial charge in [0.2, 0.25) is 5.95 Å². The summed E-state index contributed by atoms with van der Waals surface area (Å²) in [7, 11) is 1.64. The van der Waals surface area contributed by atoms with Crippen molar-refractivity contribution in [1.29, 1.82) is 0 Å². The third-order valence-electron chi connectivity index (χ3n) is 2.57. The lowest BCUT2D eigenvalue weighted by Gasteiger charge is -2.10. The number of benzene rings is 1. The summed E-state index contributed by atoms with van der Waals surface area (Å²) < 4.78 is 32.9. The number of halogens is 2. The molecule has 4 nitrogen and oxygen atoms in total. The number of methoxy groups -OCH3 is 1. The molecule has 102 valence electrons. The molecule has 2 aromatic rings. The Balaban J connectivity index is 2.14. The van der Waals surface area contributed by atoms with Gasteiger partial charge < -0.3 is 10.1 Å². The van der Waals surface area contributed by atoms with Crippen LogP contribution in [0.4, 0.5) is 14.7 Å². The van der Waals surface area contributed by atoms with Crippen LogP contribution >= 0.6 is 0 Å². The van der Waals surface area contributed by atoms with E-state index in [0.717, 1.165) is 12.5 Å². The van der Waals surface area contributed by atoms with E-state index in [0.29, 0.717) is 24.8 Å². The number of hydrogen-bond donors (Lipinski definition) is 1. The van der Waals surface area contributed by atoms with Gasteiger partial charge >= 0.3 is 0 Å². The lowest BCUT2D eigenvalue weighted by Crippen LogP contribution is -2.09. The number of anilines is 1. The molecule has 0 unspecified atom stereocenters. The lowest BCUT2D eigenvalue weighted by atomic mass is 10.3. The fourth-order valence-corrected chi connectivity index (χ4v) is 1.74. The summed E-state index contributed by atoms with van der Waals surface area (Å²) in [6, 6.07) is 3.35. The number of hydrogen-bond acceptors (Lipinski definition) is 3. The molecule has 19 heavy (non-hydrogen) atoms. The molecule has 6 heteroatoms. The smallest absolute Gasteiger partial charge is 0.207 e. The van der Waals surface area contributed by atoms with E-state index in [2.05, 4.69) is 10.3 Å². The van der Waals surface area contributed by atoms with Gasteiger partial charge in [0.25, 0.3) is 0 Å². The maximum absolute atomic E-state index is 13.2. The Morgan fingerprint density at radius 3 is 2.68 bits per heavy atom. The van der Waals surface area contributed by atoms with Crippen LogP contribution in [-0.4, -0.2) is 29.8 Å². The molecular formula is C13H15F2N3O. The molecular weight excluding hydrogens is 252 g/mol. The van der Waals surface area contributed by atoms with Gasteiger partial charge in [0, 0.05) is 38.7 Å². The fraction of sp³-hybridized carbons (Fsp3) is 0.308. The van der Waals surface area contributed by atoms with E-state index < -0.39 is 11.6 Å². The molecule has 2 rings (SSSR count). The molecule has 0 saturated carbocycles. The molecule has 0 saturated heterocycles. The van der Waals surface area contributed by atoms with Gasteiger partial charge in [0.1, 0.15) is 11.6 Å². The highest BCUT2D eigenvalue weighted by atomic mass is 19.1. The zero-order valence-electron chi connectivity index (χ0n) is 10.6. The highest BCUT2D eigenvalue weighted by molar-refractivity contribution is 5.42. The van der Waals surface area contributed by atoms with Crippen LogP contribution in [0.1, 0.15) is 6.42 Å². The highest BCUT2D eigenvalue weighted by Gasteiger charge is 2.07. The minimum atomic E-state index is -0.617. The lowest BCUT2D eigenvalue weighted by molar-refractivity contribution is 0.197. The molecule has 1 N–H and O–H groups in total. The van der Waals surface area contributed by atoms with Gasteiger partial charge in [0.15, 0.2) is 0 Å². The van der Waals surface area contributed by atoms with Crippen LogP contribution < -0.4 is 5.32 Å². The first-order valence-electron chi connectivity index (χ1n) is 5.93. The second kappa shape index (κ2) is 6.29. The molecule has 0 radical (unpaired) electrons. The summed E-state index contributed by atoms with van der Waals surface area (Å²) in [6.07, 6.45) is 4.04. The fourth-order valence-electron chi connectivity index (χ4n) is 1.74. The predicted molar refractivity (Wildman–Crippen MR) is 68.5 cm³/mol. The molecule has 0 aliphatic carbocycles. The molecule has 1 heterocycles. The van der Waals surface area contributed by atoms with Crippen molar-refractivity contribution >= 4 is 5.95 Å². The predicted octanol–water partition coefficient (Wildman–Crippen LogP) is 2.60. The van der Waals surface area contributed by atoms with Gasteiger partial charge in [-0.05, 0) is 18.6 Å². The van der Waals surface area contributed by atoms with Gasteiger partial charge in [0.05, 0.1) is 5.69 Å². The van der Waals surface area contributed by atoms with Gasteiger partial charge in [-0.1, -0.05) is 0 Å². The normalized spacial score (nSPS) is 10.7. The molecule has 0 fully saturated rings. The summed E-state index contributed by atoms with van der Waals surface area (Å²) in [4.78, 5) is 4.12. The minimum absolute atomic E-state index is 0.393. The topological polar surface area (TPSA) is 39.1 Å². The van der Waals surface area contributed by atoms with E-state index in [9.17, 15) is 8.78 Å². The summed E-state index contributed by atoms with van der Waals surface area (Å²) >= 11 is 0. The highest BCUT2D eigenvalue weighted by Crippen LogP contribution is 2.17. The van der Waals surface area contributed by atoms with E-state index in [1.165, 1.54) is 12.1 Å². The van der Waals surface area contributed by atoms with Crippen molar-refractivity contribution in [2.45, 2.75) is 6.42 Å². The van der Waals surface area contributed by atoms with Crippen molar-refractivity contribution in [3.05, 3.63) is 42.2 Å². The molecule has 0 atom stereocenters. The standard InChI is InChI=1S/C13H15F2N3O/c1-19-6-2-3-16-13-17-4-5-18(13)12-8-10(14)7-11(15)9-12/h4-5,7-9H,2-3,6H2,1H3,(H,16,17). The Bertz CT molecular complexity index is 522. The molecule has 0 spiro atoms. The number of rotatable bonds is 6. The van der Waals surface area contributed by atoms with Gasteiger partial charge in [-0.3, -0.25) is 4.57 Å². The average Bonchev–Trinajstić information content (AvgIpc) is 2.82. The Hall–Kier alpha value is -1.95. The van der Waals surface area contributed by atoms with Crippen molar-refractivity contribution in [3.63, 3.8) is 0 Å². The third-order valence-corrected chi connectivity index (χ3v) is 2.57. The number of nitrogens with one attached hydrogen (secondary N) is 1.